The number of ether oxygens (including phenoxy) is 1. The molecular weight excluding hydrogens is 254 g/mol. The van der Waals surface area contributed by atoms with Crippen molar-refractivity contribution < 1.29 is 9.53 Å². The highest BCUT2D eigenvalue weighted by atomic mass is 16.5. The minimum Gasteiger partial charge on any atom is -0.383 e. The van der Waals surface area contributed by atoms with Gasteiger partial charge in [-0.3, -0.25) is 4.79 Å². The Morgan fingerprint density at radius 2 is 2.20 bits per heavy atom. The number of amides is 1. The van der Waals surface area contributed by atoms with Crippen molar-refractivity contribution in [3.05, 3.63) is 0 Å². The molecule has 0 spiro atoms. The first kappa shape index (κ1) is 17.4. The summed E-state index contributed by atoms with van der Waals surface area (Å²) in [5, 5.41) is 5.98. The highest BCUT2D eigenvalue weighted by molar-refractivity contribution is 5.77. The lowest BCUT2D eigenvalue weighted by Crippen LogP contribution is -2.37. The Kier molecular flexibility index (Phi) is 9.62. The first-order valence-corrected chi connectivity index (χ1v) is 7.91. The Labute approximate surface area is 123 Å². The molecule has 0 bridgehead atoms. The zero-order valence-electron chi connectivity index (χ0n) is 13.1. The van der Waals surface area contributed by atoms with Gasteiger partial charge in [-0.25, -0.2) is 0 Å². The quantitative estimate of drug-likeness (QED) is 0.584. The van der Waals surface area contributed by atoms with Gasteiger partial charge < -0.3 is 20.3 Å². The van der Waals surface area contributed by atoms with Crippen LogP contribution in [0.5, 0.6) is 0 Å². The molecule has 1 saturated heterocycles. The highest BCUT2D eigenvalue weighted by Crippen LogP contribution is 2.15. The van der Waals surface area contributed by atoms with Crippen LogP contribution in [-0.4, -0.2) is 63.8 Å². The van der Waals surface area contributed by atoms with E-state index in [2.05, 4.69) is 22.5 Å². The predicted molar refractivity (Wildman–Crippen MR) is 81.8 cm³/mol. The molecule has 0 aromatic heterocycles. The molecule has 1 atom stereocenters. The molecule has 0 aromatic rings. The van der Waals surface area contributed by atoms with Crippen LogP contribution in [0, 0.1) is 5.92 Å². The lowest BCUT2D eigenvalue weighted by molar-refractivity contribution is -0.120. The Hall–Kier alpha value is -0.650. The molecule has 1 aliphatic heterocycles. The largest absolute Gasteiger partial charge is 0.383 e. The van der Waals surface area contributed by atoms with Crippen LogP contribution in [0.25, 0.3) is 0 Å². The van der Waals surface area contributed by atoms with E-state index in [4.69, 9.17) is 4.74 Å². The van der Waals surface area contributed by atoms with Crippen molar-refractivity contribution in [2.45, 2.75) is 32.6 Å². The van der Waals surface area contributed by atoms with Crippen LogP contribution in [0.4, 0.5) is 0 Å². The molecule has 118 valence electrons. The molecule has 0 aliphatic carbocycles. The maximum Gasteiger partial charge on any atom is 0.233 e. The van der Waals surface area contributed by atoms with Crippen molar-refractivity contribution in [1.29, 1.82) is 0 Å². The standard InChI is InChI=1S/C15H31N3O2/c1-14-6-5-10-18(13-14)9-4-3-7-17-15(19)12-16-8-11-20-2/h14,16H,3-13H2,1-2H3,(H,17,19). The number of rotatable bonds is 10. The van der Waals surface area contributed by atoms with Gasteiger partial charge in [-0.05, 0) is 44.7 Å². The second-order valence-corrected chi connectivity index (χ2v) is 5.77. The minimum atomic E-state index is 0.0766. The summed E-state index contributed by atoms with van der Waals surface area (Å²) < 4.78 is 4.90. The predicted octanol–water partition coefficient (Wildman–Crippen LogP) is 0.851. The third-order valence-electron chi connectivity index (χ3n) is 3.73. The monoisotopic (exact) mass is 285 g/mol. The molecule has 0 aromatic carbocycles. The summed E-state index contributed by atoms with van der Waals surface area (Å²) >= 11 is 0. The number of nitrogens with one attached hydrogen (secondary N) is 2. The summed E-state index contributed by atoms with van der Waals surface area (Å²) in [6, 6.07) is 0. The van der Waals surface area contributed by atoms with Gasteiger partial charge >= 0.3 is 0 Å². The number of hydrogen-bond donors (Lipinski definition) is 2. The normalized spacial score (nSPS) is 20.0. The van der Waals surface area contributed by atoms with Crippen molar-refractivity contribution in [2.75, 3.05) is 53.0 Å². The summed E-state index contributed by atoms with van der Waals surface area (Å²) in [6.45, 7) is 8.53. The van der Waals surface area contributed by atoms with E-state index in [1.165, 1.54) is 38.9 Å². The van der Waals surface area contributed by atoms with Crippen LogP contribution in [0.3, 0.4) is 0 Å². The Balaban J connectivity index is 1.89. The molecule has 2 N–H and O–H groups in total. The molecule has 0 saturated carbocycles. The molecule has 1 unspecified atom stereocenters. The van der Waals surface area contributed by atoms with Crippen LogP contribution in [0.15, 0.2) is 0 Å². The topological polar surface area (TPSA) is 53.6 Å². The van der Waals surface area contributed by atoms with Crippen molar-refractivity contribution in [1.82, 2.24) is 15.5 Å². The molecule has 0 radical (unpaired) electrons. The van der Waals surface area contributed by atoms with Gasteiger partial charge in [0.15, 0.2) is 0 Å². The van der Waals surface area contributed by atoms with E-state index in [0.29, 0.717) is 13.2 Å². The smallest absolute Gasteiger partial charge is 0.233 e. The average molecular weight is 285 g/mol. The van der Waals surface area contributed by atoms with E-state index in [0.717, 1.165) is 25.4 Å². The Morgan fingerprint density at radius 3 is 2.95 bits per heavy atom. The summed E-state index contributed by atoms with van der Waals surface area (Å²) in [6.07, 6.45) is 4.95. The van der Waals surface area contributed by atoms with Crippen LogP contribution >= 0.6 is 0 Å². The minimum absolute atomic E-state index is 0.0766. The Morgan fingerprint density at radius 1 is 1.35 bits per heavy atom. The van der Waals surface area contributed by atoms with E-state index < -0.39 is 0 Å². The molecule has 5 heteroatoms. The van der Waals surface area contributed by atoms with Gasteiger partial charge in [0.05, 0.1) is 13.2 Å². The number of nitrogens with zero attached hydrogens (tertiary/aromatic N) is 1. The first-order chi connectivity index (χ1) is 9.72. The van der Waals surface area contributed by atoms with Crippen LogP contribution < -0.4 is 10.6 Å². The van der Waals surface area contributed by atoms with Gasteiger partial charge in [0.25, 0.3) is 0 Å². The number of hydrogen-bond acceptors (Lipinski definition) is 4. The second-order valence-electron chi connectivity index (χ2n) is 5.77. The third-order valence-corrected chi connectivity index (χ3v) is 3.73. The van der Waals surface area contributed by atoms with Gasteiger partial charge in [-0.15, -0.1) is 0 Å². The van der Waals surface area contributed by atoms with E-state index in [1.54, 1.807) is 7.11 Å². The maximum atomic E-state index is 11.5. The Bertz CT molecular complexity index is 262. The van der Waals surface area contributed by atoms with Crippen molar-refractivity contribution in [3.8, 4) is 0 Å². The van der Waals surface area contributed by atoms with Gasteiger partial charge in [0.1, 0.15) is 0 Å². The van der Waals surface area contributed by atoms with Gasteiger partial charge in [0.2, 0.25) is 5.91 Å². The van der Waals surface area contributed by atoms with E-state index >= 15 is 0 Å². The van der Waals surface area contributed by atoms with Crippen molar-refractivity contribution >= 4 is 5.91 Å². The van der Waals surface area contributed by atoms with Crippen LogP contribution in [-0.2, 0) is 9.53 Å². The highest BCUT2D eigenvalue weighted by Gasteiger charge is 2.15. The van der Waals surface area contributed by atoms with Gasteiger partial charge in [0, 0.05) is 26.7 Å². The zero-order chi connectivity index (χ0) is 14.6. The number of unbranched alkanes of at least 4 members (excludes halogenated alkanes) is 1. The molecule has 1 aliphatic rings. The lowest BCUT2D eigenvalue weighted by atomic mass is 10.0. The van der Waals surface area contributed by atoms with Gasteiger partial charge in [-0.1, -0.05) is 6.92 Å². The van der Waals surface area contributed by atoms with Gasteiger partial charge in [-0.2, -0.15) is 0 Å². The molecule has 1 heterocycles. The lowest BCUT2D eigenvalue weighted by Gasteiger charge is -2.30. The number of likely N-dealkylation sites (tertiary alicyclic amines) is 1. The van der Waals surface area contributed by atoms with Crippen LogP contribution in [0.1, 0.15) is 32.6 Å². The second kappa shape index (κ2) is 11.1. The summed E-state index contributed by atoms with van der Waals surface area (Å²) in [4.78, 5) is 14.0. The molecular formula is C15H31N3O2. The van der Waals surface area contributed by atoms with E-state index in [9.17, 15) is 4.79 Å². The molecule has 1 rings (SSSR count). The fraction of sp³-hybridized carbons (Fsp3) is 0.933. The summed E-state index contributed by atoms with van der Waals surface area (Å²) in [7, 11) is 1.66. The summed E-state index contributed by atoms with van der Waals surface area (Å²) in [5.41, 5.74) is 0. The number of carbonyl (C=O) groups excluding carboxylic acids is 1. The molecule has 5 nitrogen and oxygen atoms in total. The van der Waals surface area contributed by atoms with Crippen LogP contribution in [0.2, 0.25) is 0 Å². The first-order valence-electron chi connectivity index (χ1n) is 7.91. The number of carbonyl (C=O) groups is 1. The SMILES string of the molecule is COCCNCC(=O)NCCCCN1CCCC(C)C1. The fourth-order valence-corrected chi connectivity index (χ4v) is 2.62. The summed E-state index contributed by atoms with van der Waals surface area (Å²) in [5.74, 6) is 0.925. The average Bonchev–Trinajstić information content (AvgIpc) is 2.43. The van der Waals surface area contributed by atoms with E-state index in [1.807, 2.05) is 0 Å². The fourth-order valence-electron chi connectivity index (χ4n) is 2.62. The molecule has 1 fully saturated rings. The van der Waals surface area contributed by atoms with E-state index in [-0.39, 0.29) is 5.91 Å². The number of methoxy groups -OCH3 is 1. The molecule has 1 amide bonds. The maximum absolute atomic E-state index is 11.5. The third kappa shape index (κ3) is 8.51. The van der Waals surface area contributed by atoms with Crippen molar-refractivity contribution in [3.63, 3.8) is 0 Å². The molecule has 20 heavy (non-hydrogen) atoms. The zero-order valence-corrected chi connectivity index (χ0v) is 13.1. The van der Waals surface area contributed by atoms with Crippen molar-refractivity contribution in [2.24, 2.45) is 5.92 Å². The number of piperidine rings is 1.